The summed E-state index contributed by atoms with van der Waals surface area (Å²) in [4.78, 5) is 0. The first-order valence-corrected chi connectivity index (χ1v) is 6.55. The number of aryl methyl sites for hydroxylation is 2. The fourth-order valence-electron chi connectivity index (χ4n) is 2.44. The van der Waals surface area contributed by atoms with Gasteiger partial charge in [-0.2, -0.15) is 5.10 Å². The molecule has 4 heteroatoms. The minimum absolute atomic E-state index is 0.224. The molecule has 0 aliphatic carbocycles. The summed E-state index contributed by atoms with van der Waals surface area (Å²) < 4.78 is 15.2. The maximum absolute atomic E-state index is 13.4. The number of nitrogens with zero attached hydrogens (tertiary/aromatic N) is 2. The summed E-state index contributed by atoms with van der Waals surface area (Å²) in [7, 11) is 1.93. The average Bonchev–Trinajstić information content (AvgIpc) is 2.73. The van der Waals surface area contributed by atoms with Gasteiger partial charge < -0.3 is 5.32 Å². The molecule has 0 unspecified atom stereocenters. The lowest BCUT2D eigenvalue weighted by atomic mass is 10.2. The summed E-state index contributed by atoms with van der Waals surface area (Å²) in [5.41, 5.74) is 3.74. The van der Waals surface area contributed by atoms with Crippen LogP contribution in [0.2, 0.25) is 0 Å². The number of fused-ring (bicyclic) bond motifs is 1. The first kappa shape index (κ1) is 12.7. The van der Waals surface area contributed by atoms with Crippen molar-refractivity contribution in [2.75, 3.05) is 5.32 Å². The SMILES string of the molecule is Cc1cc(F)cc(NCc2nn(C)c3ccccc23)c1. The Hall–Kier alpha value is -2.36. The molecule has 1 heterocycles. The largest absolute Gasteiger partial charge is 0.379 e. The van der Waals surface area contributed by atoms with Crippen molar-refractivity contribution in [2.45, 2.75) is 13.5 Å². The number of rotatable bonds is 3. The Kier molecular flexibility index (Phi) is 3.14. The van der Waals surface area contributed by atoms with Crippen molar-refractivity contribution in [2.24, 2.45) is 7.05 Å². The fraction of sp³-hybridized carbons (Fsp3) is 0.188. The van der Waals surface area contributed by atoms with Crippen LogP contribution in [0.25, 0.3) is 10.9 Å². The van der Waals surface area contributed by atoms with Crippen molar-refractivity contribution < 1.29 is 4.39 Å². The second-order valence-corrected chi connectivity index (χ2v) is 4.96. The van der Waals surface area contributed by atoms with Crippen molar-refractivity contribution in [1.82, 2.24) is 9.78 Å². The van der Waals surface area contributed by atoms with Crippen LogP contribution >= 0.6 is 0 Å². The number of hydrogen-bond acceptors (Lipinski definition) is 2. The summed E-state index contributed by atoms with van der Waals surface area (Å²) in [6.45, 7) is 2.45. The predicted octanol–water partition coefficient (Wildman–Crippen LogP) is 3.63. The van der Waals surface area contributed by atoms with Crippen LogP contribution in [0.1, 0.15) is 11.3 Å². The van der Waals surface area contributed by atoms with Gasteiger partial charge in [-0.3, -0.25) is 4.68 Å². The van der Waals surface area contributed by atoms with Crippen LogP contribution in [0, 0.1) is 12.7 Å². The number of para-hydroxylation sites is 1. The van der Waals surface area contributed by atoms with Crippen LogP contribution in [0.5, 0.6) is 0 Å². The van der Waals surface area contributed by atoms with E-state index in [1.54, 1.807) is 0 Å². The summed E-state index contributed by atoms with van der Waals surface area (Å²) in [6, 6.07) is 13.0. The molecule has 0 aliphatic rings. The molecule has 0 saturated heterocycles. The van der Waals surface area contributed by atoms with Gasteiger partial charge in [-0.15, -0.1) is 0 Å². The predicted molar refractivity (Wildman–Crippen MR) is 79.2 cm³/mol. The molecular formula is C16H16FN3. The van der Waals surface area contributed by atoms with Crippen LogP contribution in [0.15, 0.2) is 42.5 Å². The number of anilines is 1. The summed E-state index contributed by atoms with van der Waals surface area (Å²) in [5.74, 6) is -0.224. The van der Waals surface area contributed by atoms with Crippen LogP contribution < -0.4 is 5.32 Å². The first-order valence-electron chi connectivity index (χ1n) is 6.55. The van der Waals surface area contributed by atoms with E-state index in [1.165, 1.54) is 12.1 Å². The zero-order valence-electron chi connectivity index (χ0n) is 11.5. The molecule has 0 aliphatic heterocycles. The van der Waals surface area contributed by atoms with E-state index in [4.69, 9.17) is 0 Å². The quantitative estimate of drug-likeness (QED) is 0.786. The number of aromatic nitrogens is 2. The van der Waals surface area contributed by atoms with Gasteiger partial charge in [0.25, 0.3) is 0 Å². The normalized spacial score (nSPS) is 10.9. The van der Waals surface area contributed by atoms with E-state index in [0.717, 1.165) is 27.8 Å². The highest BCUT2D eigenvalue weighted by atomic mass is 19.1. The monoisotopic (exact) mass is 269 g/mol. The van der Waals surface area contributed by atoms with Gasteiger partial charge in [-0.25, -0.2) is 4.39 Å². The van der Waals surface area contributed by atoms with Gasteiger partial charge in [0.05, 0.1) is 17.8 Å². The lowest BCUT2D eigenvalue weighted by Gasteiger charge is -2.06. The topological polar surface area (TPSA) is 29.9 Å². The van der Waals surface area contributed by atoms with E-state index in [1.807, 2.05) is 42.9 Å². The fourth-order valence-corrected chi connectivity index (χ4v) is 2.44. The second-order valence-electron chi connectivity index (χ2n) is 4.96. The molecule has 0 radical (unpaired) electrons. The third-order valence-electron chi connectivity index (χ3n) is 3.34. The molecule has 1 N–H and O–H groups in total. The van der Waals surface area contributed by atoms with Crippen molar-refractivity contribution >= 4 is 16.6 Å². The summed E-state index contributed by atoms with van der Waals surface area (Å²) in [5, 5.41) is 8.86. The Balaban J connectivity index is 1.87. The van der Waals surface area contributed by atoms with Crippen LogP contribution in [-0.2, 0) is 13.6 Å². The van der Waals surface area contributed by atoms with Gasteiger partial charge in [0.2, 0.25) is 0 Å². The molecule has 0 amide bonds. The summed E-state index contributed by atoms with van der Waals surface area (Å²) in [6.07, 6.45) is 0. The van der Waals surface area contributed by atoms with Gasteiger partial charge in [0.15, 0.2) is 0 Å². The smallest absolute Gasteiger partial charge is 0.125 e. The van der Waals surface area contributed by atoms with Crippen LogP contribution in [-0.4, -0.2) is 9.78 Å². The highest BCUT2D eigenvalue weighted by Gasteiger charge is 2.07. The Morgan fingerprint density at radius 1 is 1.20 bits per heavy atom. The second kappa shape index (κ2) is 4.96. The highest BCUT2D eigenvalue weighted by Crippen LogP contribution is 2.19. The maximum Gasteiger partial charge on any atom is 0.125 e. The average molecular weight is 269 g/mol. The van der Waals surface area contributed by atoms with E-state index in [2.05, 4.69) is 16.5 Å². The van der Waals surface area contributed by atoms with Crippen molar-refractivity contribution in [3.05, 3.63) is 59.5 Å². The molecule has 0 fully saturated rings. The van der Waals surface area contributed by atoms with Gasteiger partial charge in [0, 0.05) is 18.1 Å². The molecular weight excluding hydrogens is 253 g/mol. The number of benzene rings is 2. The van der Waals surface area contributed by atoms with Crippen molar-refractivity contribution in [3.8, 4) is 0 Å². The molecule has 0 atom stereocenters. The molecule has 1 aromatic heterocycles. The zero-order chi connectivity index (χ0) is 14.1. The van der Waals surface area contributed by atoms with Crippen molar-refractivity contribution in [3.63, 3.8) is 0 Å². The zero-order valence-corrected chi connectivity index (χ0v) is 11.5. The molecule has 2 aromatic carbocycles. The Bertz CT molecular complexity index is 741. The summed E-state index contributed by atoms with van der Waals surface area (Å²) >= 11 is 0. The molecule has 0 spiro atoms. The van der Waals surface area contributed by atoms with Crippen molar-refractivity contribution in [1.29, 1.82) is 0 Å². The third-order valence-corrected chi connectivity index (χ3v) is 3.34. The third kappa shape index (κ3) is 2.37. The van der Waals surface area contributed by atoms with Gasteiger partial charge in [-0.1, -0.05) is 18.2 Å². The molecule has 0 bridgehead atoms. The van der Waals surface area contributed by atoms with Gasteiger partial charge in [0.1, 0.15) is 5.82 Å². The van der Waals surface area contributed by atoms with Crippen LogP contribution in [0.3, 0.4) is 0 Å². The molecule has 102 valence electrons. The molecule has 3 aromatic rings. The van der Waals surface area contributed by atoms with E-state index in [0.29, 0.717) is 6.54 Å². The lowest BCUT2D eigenvalue weighted by molar-refractivity contribution is 0.627. The van der Waals surface area contributed by atoms with Gasteiger partial charge >= 0.3 is 0 Å². The number of nitrogens with one attached hydrogen (secondary N) is 1. The minimum atomic E-state index is -0.224. The minimum Gasteiger partial charge on any atom is -0.379 e. The Morgan fingerprint density at radius 2 is 2.00 bits per heavy atom. The number of hydrogen-bond donors (Lipinski definition) is 1. The highest BCUT2D eigenvalue weighted by molar-refractivity contribution is 5.82. The first-order chi connectivity index (χ1) is 9.63. The Labute approximate surface area is 117 Å². The van der Waals surface area contributed by atoms with E-state index < -0.39 is 0 Å². The molecule has 3 nitrogen and oxygen atoms in total. The standard InChI is InChI=1S/C16H16FN3/c1-11-7-12(17)9-13(8-11)18-10-15-14-5-3-4-6-16(14)20(2)19-15/h3-9,18H,10H2,1-2H3. The molecule has 0 saturated carbocycles. The Morgan fingerprint density at radius 3 is 2.80 bits per heavy atom. The van der Waals surface area contributed by atoms with Crippen LogP contribution in [0.4, 0.5) is 10.1 Å². The molecule has 20 heavy (non-hydrogen) atoms. The number of halogens is 1. The molecule has 3 rings (SSSR count). The van der Waals surface area contributed by atoms with E-state index in [9.17, 15) is 4.39 Å². The lowest BCUT2D eigenvalue weighted by Crippen LogP contribution is -2.02. The van der Waals surface area contributed by atoms with E-state index in [-0.39, 0.29) is 5.82 Å². The van der Waals surface area contributed by atoms with Gasteiger partial charge in [-0.05, 0) is 36.8 Å². The maximum atomic E-state index is 13.4. The van der Waals surface area contributed by atoms with E-state index >= 15 is 0 Å².